The zero-order chi connectivity index (χ0) is 16.3. The molecule has 0 amide bonds. The van der Waals surface area contributed by atoms with Crippen LogP contribution in [-0.2, 0) is 19.1 Å². The van der Waals surface area contributed by atoms with Gasteiger partial charge in [-0.3, -0.25) is 9.59 Å². The second-order valence-corrected chi connectivity index (χ2v) is 8.29. The molecular weight excluding hydrogens is 288 g/mol. The molecule has 0 saturated heterocycles. The first-order chi connectivity index (χ1) is 9.65. The quantitative estimate of drug-likeness (QED) is 0.674. The molecule has 1 unspecified atom stereocenters. The van der Waals surface area contributed by atoms with Crippen molar-refractivity contribution in [2.75, 3.05) is 12.9 Å². The van der Waals surface area contributed by atoms with Gasteiger partial charge in [-0.1, -0.05) is 13.8 Å². The van der Waals surface area contributed by atoms with Crippen molar-refractivity contribution in [3.8, 4) is 0 Å². The Labute approximate surface area is 132 Å². The van der Waals surface area contributed by atoms with Gasteiger partial charge in [0.05, 0.1) is 18.3 Å². The Hall–Kier alpha value is -0.710. The molecular formula is C16H28O4S. The lowest BCUT2D eigenvalue weighted by Gasteiger charge is -2.44. The summed E-state index contributed by atoms with van der Waals surface area (Å²) in [7, 11) is 1.41. The zero-order valence-corrected chi connectivity index (χ0v) is 14.8. The summed E-state index contributed by atoms with van der Waals surface area (Å²) >= 11 is 1.47. The van der Waals surface area contributed by atoms with Crippen LogP contribution in [0.25, 0.3) is 0 Å². The number of carbonyl (C=O) groups excluding carboxylic acids is 2. The van der Waals surface area contributed by atoms with Gasteiger partial charge in [0.1, 0.15) is 6.10 Å². The molecule has 0 bridgehead atoms. The van der Waals surface area contributed by atoms with Crippen molar-refractivity contribution in [2.45, 2.75) is 64.7 Å². The lowest BCUT2D eigenvalue weighted by atomic mass is 9.70. The molecule has 0 N–H and O–H groups in total. The number of ether oxygens (including phenoxy) is 2. The van der Waals surface area contributed by atoms with E-state index in [-0.39, 0.29) is 29.7 Å². The highest BCUT2D eigenvalue weighted by Gasteiger charge is 2.51. The second-order valence-electron chi connectivity index (χ2n) is 6.69. The normalized spacial score (nSPS) is 18.8. The van der Waals surface area contributed by atoms with Gasteiger partial charge in [-0.25, -0.2) is 0 Å². The molecule has 1 atom stereocenters. The molecule has 1 rings (SSSR count). The predicted octanol–water partition coefficient (Wildman–Crippen LogP) is 3.43. The number of rotatable bonds is 7. The van der Waals surface area contributed by atoms with Crippen LogP contribution in [0.2, 0.25) is 0 Å². The highest BCUT2D eigenvalue weighted by atomic mass is 32.2. The van der Waals surface area contributed by atoms with E-state index in [0.717, 1.165) is 19.3 Å². The minimum Gasteiger partial charge on any atom is -0.469 e. The molecule has 0 heterocycles. The lowest BCUT2D eigenvalue weighted by molar-refractivity contribution is -0.156. The Morgan fingerprint density at radius 3 is 2.19 bits per heavy atom. The zero-order valence-electron chi connectivity index (χ0n) is 14.0. The largest absolute Gasteiger partial charge is 0.469 e. The number of hydrogen-bond acceptors (Lipinski definition) is 5. The highest BCUT2D eigenvalue weighted by molar-refractivity contribution is 8.01. The number of carbonyl (C=O) groups is 2. The van der Waals surface area contributed by atoms with Crippen molar-refractivity contribution < 1.29 is 19.1 Å². The van der Waals surface area contributed by atoms with E-state index >= 15 is 0 Å². The maximum Gasteiger partial charge on any atom is 0.316 e. The van der Waals surface area contributed by atoms with Crippen LogP contribution in [0.3, 0.4) is 0 Å². The van der Waals surface area contributed by atoms with Crippen LogP contribution in [0.1, 0.15) is 53.9 Å². The van der Waals surface area contributed by atoms with Crippen LogP contribution in [0.15, 0.2) is 0 Å². The molecule has 0 aromatic carbocycles. The highest BCUT2D eigenvalue weighted by Crippen LogP contribution is 2.47. The van der Waals surface area contributed by atoms with Crippen molar-refractivity contribution in [3.63, 3.8) is 0 Å². The Morgan fingerprint density at radius 2 is 1.81 bits per heavy atom. The number of hydrogen-bond donors (Lipinski definition) is 0. The van der Waals surface area contributed by atoms with Gasteiger partial charge >= 0.3 is 11.9 Å². The summed E-state index contributed by atoms with van der Waals surface area (Å²) in [4.78, 5) is 24.1. The molecule has 1 fully saturated rings. The molecule has 0 spiro atoms. The van der Waals surface area contributed by atoms with E-state index in [2.05, 4.69) is 0 Å². The minimum absolute atomic E-state index is 0.107. The van der Waals surface area contributed by atoms with Crippen LogP contribution < -0.4 is 0 Å². The molecule has 0 radical (unpaired) electrons. The number of methoxy groups -OCH3 is 1. The van der Waals surface area contributed by atoms with E-state index in [9.17, 15) is 9.59 Å². The number of esters is 2. The van der Waals surface area contributed by atoms with Crippen molar-refractivity contribution >= 4 is 23.7 Å². The van der Waals surface area contributed by atoms with Crippen molar-refractivity contribution in [1.82, 2.24) is 0 Å². The fourth-order valence-electron chi connectivity index (χ4n) is 2.49. The van der Waals surface area contributed by atoms with E-state index in [1.807, 2.05) is 34.6 Å². The predicted molar refractivity (Wildman–Crippen MR) is 85.2 cm³/mol. The summed E-state index contributed by atoms with van der Waals surface area (Å²) in [5.41, 5.74) is -0.664. The van der Waals surface area contributed by atoms with E-state index in [1.54, 1.807) is 0 Å². The standard InChI is InChI=1S/C16H28O4S/c1-11(2)16(5,14(18)19-6)15(3,4)21-10-13(17)20-12-8-7-9-12/h11-12H,7-10H2,1-6H3. The van der Waals surface area contributed by atoms with Gasteiger partial charge in [0, 0.05) is 4.75 Å². The second kappa shape index (κ2) is 7.03. The van der Waals surface area contributed by atoms with Gasteiger partial charge in [-0.15, -0.1) is 11.8 Å². The lowest BCUT2D eigenvalue weighted by Crippen LogP contribution is -2.50. The Bertz CT molecular complexity index is 388. The van der Waals surface area contributed by atoms with Crippen LogP contribution in [-0.4, -0.2) is 35.7 Å². The van der Waals surface area contributed by atoms with E-state index in [4.69, 9.17) is 9.47 Å². The van der Waals surface area contributed by atoms with Crippen molar-refractivity contribution in [3.05, 3.63) is 0 Å². The van der Waals surface area contributed by atoms with Crippen LogP contribution in [0, 0.1) is 11.3 Å². The molecule has 1 aliphatic carbocycles. The molecule has 1 saturated carbocycles. The summed E-state index contributed by atoms with van der Waals surface area (Å²) in [6.45, 7) is 9.90. The van der Waals surface area contributed by atoms with Crippen LogP contribution in [0.4, 0.5) is 0 Å². The van der Waals surface area contributed by atoms with Crippen LogP contribution >= 0.6 is 11.8 Å². The van der Waals surface area contributed by atoms with Gasteiger partial charge in [0.2, 0.25) is 0 Å². The van der Waals surface area contributed by atoms with Crippen LogP contribution in [0.5, 0.6) is 0 Å². The van der Waals surface area contributed by atoms with Gasteiger partial charge < -0.3 is 9.47 Å². The topological polar surface area (TPSA) is 52.6 Å². The first-order valence-corrected chi connectivity index (χ1v) is 8.55. The smallest absolute Gasteiger partial charge is 0.316 e. The maximum absolute atomic E-state index is 12.2. The average Bonchev–Trinajstić information content (AvgIpc) is 2.38. The molecule has 0 aromatic heterocycles. The molecule has 1 aliphatic rings. The Balaban J connectivity index is 2.67. The fraction of sp³-hybridized carbons (Fsp3) is 0.875. The van der Waals surface area contributed by atoms with E-state index in [1.165, 1.54) is 18.9 Å². The molecule has 4 nitrogen and oxygen atoms in total. The van der Waals surface area contributed by atoms with Gasteiger partial charge in [-0.05, 0) is 46.0 Å². The third-order valence-electron chi connectivity index (χ3n) is 4.92. The average molecular weight is 316 g/mol. The van der Waals surface area contributed by atoms with Gasteiger partial charge in [0.25, 0.3) is 0 Å². The van der Waals surface area contributed by atoms with E-state index in [0.29, 0.717) is 0 Å². The fourth-order valence-corrected chi connectivity index (χ4v) is 3.65. The first kappa shape index (κ1) is 18.3. The Morgan fingerprint density at radius 1 is 1.24 bits per heavy atom. The van der Waals surface area contributed by atoms with Crippen molar-refractivity contribution in [1.29, 1.82) is 0 Å². The minimum atomic E-state index is -0.664. The first-order valence-electron chi connectivity index (χ1n) is 7.57. The summed E-state index contributed by atoms with van der Waals surface area (Å²) < 4.78 is 9.93. The third-order valence-corrected chi connectivity index (χ3v) is 6.44. The summed E-state index contributed by atoms with van der Waals surface area (Å²) in [6.07, 6.45) is 3.21. The number of thioether (sulfide) groups is 1. The van der Waals surface area contributed by atoms with E-state index < -0.39 is 10.2 Å². The van der Waals surface area contributed by atoms with Gasteiger partial charge in [0.15, 0.2) is 0 Å². The monoisotopic (exact) mass is 316 g/mol. The molecule has 21 heavy (non-hydrogen) atoms. The molecule has 0 aromatic rings. The molecule has 5 heteroatoms. The SMILES string of the molecule is COC(=O)C(C)(C(C)C)C(C)(C)SCC(=O)OC1CCC1. The Kier molecular flexibility index (Phi) is 6.14. The maximum atomic E-state index is 12.2. The molecule has 0 aliphatic heterocycles. The third kappa shape index (κ3) is 3.93. The summed E-state index contributed by atoms with van der Waals surface area (Å²) in [6, 6.07) is 0. The van der Waals surface area contributed by atoms with Crippen molar-refractivity contribution in [2.24, 2.45) is 11.3 Å². The molecule has 122 valence electrons. The van der Waals surface area contributed by atoms with Gasteiger partial charge in [-0.2, -0.15) is 0 Å². The summed E-state index contributed by atoms with van der Waals surface area (Å²) in [5.74, 6) is -0.0470. The summed E-state index contributed by atoms with van der Waals surface area (Å²) in [5, 5.41) is 0.